The highest BCUT2D eigenvalue weighted by atomic mass is 32.2. The lowest BCUT2D eigenvalue weighted by atomic mass is 10.1. The number of hydrogen-bond donors (Lipinski definition) is 3. The van der Waals surface area contributed by atoms with Crippen LogP contribution < -0.4 is 11.1 Å². The number of rotatable bonds is 10. The Labute approximate surface area is 221 Å². The fourth-order valence-corrected chi connectivity index (χ4v) is 5.21. The third-order valence-corrected chi connectivity index (χ3v) is 8.25. The highest BCUT2D eigenvalue weighted by Crippen LogP contribution is 2.24. The SMILES string of the molecule is CCn1c(Cc2ccc(C(N)=O)cc2)cc2cc(C(=O)N[C@@H](CO)c3ccc(S(=O)(=O)CC)cn3)ccc21. The number of aromatic nitrogens is 2. The Morgan fingerprint density at radius 1 is 1.03 bits per heavy atom. The Balaban J connectivity index is 1.55. The molecule has 38 heavy (non-hydrogen) atoms. The molecule has 0 fully saturated rings. The zero-order chi connectivity index (χ0) is 27.4. The van der Waals surface area contributed by atoms with E-state index < -0.39 is 28.4 Å². The summed E-state index contributed by atoms with van der Waals surface area (Å²) < 4.78 is 26.2. The Morgan fingerprint density at radius 2 is 1.74 bits per heavy atom. The molecule has 0 unspecified atom stereocenters. The first kappa shape index (κ1) is 27.0. The molecule has 2 amide bonds. The molecule has 0 saturated carbocycles. The molecule has 9 nitrogen and oxygen atoms in total. The number of hydrogen-bond acceptors (Lipinski definition) is 6. The number of aliphatic hydroxyl groups excluding tert-OH is 1. The highest BCUT2D eigenvalue weighted by Gasteiger charge is 2.19. The lowest BCUT2D eigenvalue weighted by molar-refractivity contribution is 0.0914. The van der Waals surface area contributed by atoms with Crippen molar-refractivity contribution in [3.05, 3.63) is 94.9 Å². The van der Waals surface area contributed by atoms with Gasteiger partial charge in [-0.2, -0.15) is 0 Å². The second kappa shape index (κ2) is 11.2. The van der Waals surface area contributed by atoms with Gasteiger partial charge in [0.2, 0.25) is 5.91 Å². The Bertz CT molecular complexity index is 1580. The maximum absolute atomic E-state index is 13.1. The molecule has 0 spiro atoms. The maximum atomic E-state index is 13.1. The normalized spacial score (nSPS) is 12.4. The summed E-state index contributed by atoms with van der Waals surface area (Å²) in [5.74, 6) is -0.892. The summed E-state index contributed by atoms with van der Waals surface area (Å²) >= 11 is 0. The molecular weight excluding hydrogens is 504 g/mol. The number of nitrogens with zero attached hydrogens (tertiary/aromatic N) is 2. The number of pyridine rings is 1. The molecular formula is C28H30N4O5S. The number of sulfone groups is 1. The van der Waals surface area contributed by atoms with Crippen LogP contribution in [0.15, 0.2) is 71.8 Å². The van der Waals surface area contributed by atoms with Crippen LogP contribution >= 0.6 is 0 Å². The Morgan fingerprint density at radius 3 is 2.32 bits per heavy atom. The Hall–Kier alpha value is -4.02. The van der Waals surface area contributed by atoms with Crippen LogP contribution in [0.25, 0.3) is 10.9 Å². The zero-order valence-electron chi connectivity index (χ0n) is 21.2. The third kappa shape index (κ3) is 5.61. The number of carbonyl (C=O) groups excluding carboxylic acids is 2. The first-order valence-corrected chi connectivity index (χ1v) is 13.9. The number of aliphatic hydroxyl groups is 1. The molecule has 0 bridgehead atoms. The zero-order valence-corrected chi connectivity index (χ0v) is 22.0. The largest absolute Gasteiger partial charge is 0.394 e. The number of carbonyl (C=O) groups is 2. The van der Waals surface area contributed by atoms with E-state index in [0.717, 1.165) is 28.7 Å². The van der Waals surface area contributed by atoms with Crippen molar-refractivity contribution in [3.8, 4) is 0 Å². The lowest BCUT2D eigenvalue weighted by Gasteiger charge is -2.16. The maximum Gasteiger partial charge on any atom is 0.251 e. The molecule has 4 aromatic rings. The van der Waals surface area contributed by atoms with Gasteiger partial charge in [-0.1, -0.05) is 19.1 Å². The minimum atomic E-state index is -3.40. The highest BCUT2D eigenvalue weighted by molar-refractivity contribution is 7.91. The van der Waals surface area contributed by atoms with Crippen LogP contribution in [-0.2, 0) is 22.8 Å². The van der Waals surface area contributed by atoms with Crippen molar-refractivity contribution >= 4 is 32.6 Å². The monoisotopic (exact) mass is 534 g/mol. The number of nitrogens with two attached hydrogens (primary N) is 1. The minimum Gasteiger partial charge on any atom is -0.394 e. The average Bonchev–Trinajstić information content (AvgIpc) is 3.27. The summed E-state index contributed by atoms with van der Waals surface area (Å²) in [5, 5.41) is 13.6. The standard InChI is InChI=1S/C28H30N4O5S/c1-3-32-22(13-18-5-7-19(8-6-18)27(29)34)15-21-14-20(9-12-26(21)32)28(35)31-25(17-33)24-11-10-23(16-30-24)38(36,37)4-2/h5-12,14-16,25,33H,3-4,13,17H2,1-2H3,(H2,29,34)(H,31,35)/t25-/m0/s1. The van der Waals surface area contributed by atoms with Gasteiger partial charge in [-0.25, -0.2) is 8.42 Å². The topological polar surface area (TPSA) is 144 Å². The van der Waals surface area contributed by atoms with Crippen LogP contribution in [0.2, 0.25) is 0 Å². The Kier molecular flexibility index (Phi) is 7.94. The van der Waals surface area contributed by atoms with Crippen molar-refractivity contribution in [2.75, 3.05) is 12.4 Å². The van der Waals surface area contributed by atoms with E-state index in [1.165, 1.54) is 18.3 Å². The van der Waals surface area contributed by atoms with Gasteiger partial charge >= 0.3 is 0 Å². The summed E-state index contributed by atoms with van der Waals surface area (Å²) in [6.07, 6.45) is 1.89. The molecule has 10 heteroatoms. The van der Waals surface area contributed by atoms with Gasteiger partial charge in [-0.15, -0.1) is 0 Å². The van der Waals surface area contributed by atoms with E-state index in [1.807, 2.05) is 24.3 Å². The quantitative estimate of drug-likeness (QED) is 0.285. The molecule has 0 radical (unpaired) electrons. The molecule has 2 heterocycles. The molecule has 4 rings (SSSR count). The molecule has 1 atom stereocenters. The lowest BCUT2D eigenvalue weighted by Crippen LogP contribution is -2.31. The van der Waals surface area contributed by atoms with Crippen LogP contribution in [0, 0.1) is 0 Å². The van der Waals surface area contributed by atoms with Gasteiger partial charge in [-0.3, -0.25) is 14.6 Å². The molecule has 4 N–H and O–H groups in total. The number of amides is 2. The van der Waals surface area contributed by atoms with Gasteiger partial charge in [-0.05, 0) is 61.0 Å². The van der Waals surface area contributed by atoms with E-state index in [-0.39, 0.29) is 16.6 Å². The van der Waals surface area contributed by atoms with Crippen LogP contribution in [0.3, 0.4) is 0 Å². The van der Waals surface area contributed by atoms with E-state index in [0.29, 0.717) is 23.2 Å². The predicted molar refractivity (Wildman–Crippen MR) is 145 cm³/mol. The molecule has 0 aliphatic heterocycles. The van der Waals surface area contributed by atoms with Gasteiger partial charge < -0.3 is 20.7 Å². The number of primary amides is 1. The third-order valence-electron chi connectivity index (χ3n) is 6.53. The second-order valence-electron chi connectivity index (χ2n) is 8.92. The average molecular weight is 535 g/mol. The first-order valence-electron chi connectivity index (χ1n) is 12.3. The van der Waals surface area contributed by atoms with E-state index >= 15 is 0 Å². The van der Waals surface area contributed by atoms with Gasteiger partial charge in [0.1, 0.15) is 0 Å². The van der Waals surface area contributed by atoms with Crippen molar-refractivity contribution < 1.29 is 23.1 Å². The first-order chi connectivity index (χ1) is 18.2. The summed E-state index contributed by atoms with van der Waals surface area (Å²) in [7, 11) is -3.40. The van der Waals surface area contributed by atoms with E-state index in [1.54, 1.807) is 31.2 Å². The number of fused-ring (bicyclic) bond motifs is 1. The summed E-state index contributed by atoms with van der Waals surface area (Å²) in [5.41, 5.74) is 9.65. The van der Waals surface area contributed by atoms with Gasteiger partial charge in [0, 0.05) is 46.9 Å². The van der Waals surface area contributed by atoms with Crippen molar-refractivity contribution in [1.82, 2.24) is 14.9 Å². The van der Waals surface area contributed by atoms with Crippen molar-refractivity contribution in [1.29, 1.82) is 0 Å². The number of nitrogens with one attached hydrogen (secondary N) is 1. The molecule has 2 aromatic heterocycles. The van der Waals surface area contributed by atoms with Crippen molar-refractivity contribution in [3.63, 3.8) is 0 Å². The molecule has 0 saturated heterocycles. The second-order valence-corrected chi connectivity index (χ2v) is 11.2. The van der Waals surface area contributed by atoms with Crippen molar-refractivity contribution in [2.45, 2.75) is 37.8 Å². The smallest absolute Gasteiger partial charge is 0.251 e. The van der Waals surface area contributed by atoms with Gasteiger partial charge in [0.15, 0.2) is 9.84 Å². The fraction of sp³-hybridized carbons (Fsp3) is 0.250. The van der Waals surface area contributed by atoms with Crippen LogP contribution in [-0.4, -0.2) is 47.2 Å². The van der Waals surface area contributed by atoms with E-state index in [2.05, 4.69) is 21.8 Å². The van der Waals surface area contributed by atoms with Crippen LogP contribution in [0.4, 0.5) is 0 Å². The molecule has 2 aromatic carbocycles. The van der Waals surface area contributed by atoms with Crippen LogP contribution in [0.5, 0.6) is 0 Å². The number of benzene rings is 2. The molecule has 0 aliphatic carbocycles. The summed E-state index contributed by atoms with van der Waals surface area (Å²) in [6.45, 7) is 3.95. The predicted octanol–water partition coefficient (Wildman–Crippen LogP) is 3.00. The van der Waals surface area contributed by atoms with E-state index in [9.17, 15) is 23.1 Å². The summed E-state index contributed by atoms with van der Waals surface area (Å²) in [4.78, 5) is 28.7. The van der Waals surface area contributed by atoms with E-state index in [4.69, 9.17) is 5.73 Å². The fourth-order valence-electron chi connectivity index (χ4n) is 4.39. The van der Waals surface area contributed by atoms with Crippen molar-refractivity contribution in [2.24, 2.45) is 5.73 Å². The number of aryl methyl sites for hydroxylation is 1. The van der Waals surface area contributed by atoms with Crippen LogP contribution in [0.1, 0.15) is 57.6 Å². The minimum absolute atomic E-state index is 0.0420. The summed E-state index contributed by atoms with van der Waals surface area (Å²) in [6, 6.07) is 16.8. The molecule has 198 valence electrons. The molecule has 0 aliphatic rings. The van der Waals surface area contributed by atoms with Gasteiger partial charge in [0.05, 0.1) is 29.0 Å². The van der Waals surface area contributed by atoms with Gasteiger partial charge in [0.25, 0.3) is 5.91 Å².